The maximum Gasteiger partial charge on any atom is 0.326 e. The smallest absolute Gasteiger partial charge is 0.326 e. The highest BCUT2D eigenvalue weighted by Crippen LogP contribution is 2.37. The molecule has 0 unspecified atom stereocenters. The molecule has 7 nitrogen and oxygen atoms in total. The summed E-state index contributed by atoms with van der Waals surface area (Å²) in [7, 11) is 1.53. The number of benzene rings is 1. The van der Waals surface area contributed by atoms with Gasteiger partial charge in [-0.25, -0.2) is 0 Å². The fraction of sp³-hybridized carbons (Fsp3) is 0.389. The fourth-order valence-corrected chi connectivity index (χ4v) is 3.11. The van der Waals surface area contributed by atoms with E-state index in [-0.39, 0.29) is 17.6 Å². The molecule has 140 valence electrons. The SMILES string of the molecule is CCOC(=O)CN1C(=O)S/C(=C/c2cccc(OC)c2OC(C)C)C1=O. The standard InChI is InChI=1S/C18H21NO6S/c1-5-24-15(20)10-19-17(21)14(26-18(19)22)9-12-7-6-8-13(23-4)16(12)25-11(2)3/h6-9,11H,5,10H2,1-4H3/b14-9+. The number of carbonyl (C=O) groups excluding carboxylic acids is 3. The van der Waals surface area contributed by atoms with Crippen molar-refractivity contribution in [3.05, 3.63) is 28.7 Å². The van der Waals surface area contributed by atoms with Crippen molar-refractivity contribution in [2.75, 3.05) is 20.3 Å². The molecule has 0 radical (unpaired) electrons. The molecule has 0 bridgehead atoms. The third-order valence-electron chi connectivity index (χ3n) is 3.34. The average molecular weight is 379 g/mol. The number of esters is 1. The fourth-order valence-electron chi connectivity index (χ4n) is 2.28. The van der Waals surface area contributed by atoms with Gasteiger partial charge in [-0.05, 0) is 44.7 Å². The summed E-state index contributed by atoms with van der Waals surface area (Å²) in [5, 5.41) is -0.511. The lowest BCUT2D eigenvalue weighted by molar-refractivity contribution is -0.145. The summed E-state index contributed by atoms with van der Waals surface area (Å²) in [6.45, 7) is 5.20. The van der Waals surface area contributed by atoms with E-state index in [2.05, 4.69) is 0 Å². The van der Waals surface area contributed by atoms with Crippen molar-refractivity contribution in [1.82, 2.24) is 4.90 Å². The Labute approximate surface area is 156 Å². The second-order valence-corrected chi connectivity index (χ2v) is 6.61. The summed E-state index contributed by atoms with van der Waals surface area (Å²) in [5.41, 5.74) is 0.611. The van der Waals surface area contributed by atoms with Gasteiger partial charge >= 0.3 is 5.97 Å². The predicted octanol–water partition coefficient (Wildman–Crippen LogP) is 3.08. The van der Waals surface area contributed by atoms with Gasteiger partial charge < -0.3 is 14.2 Å². The Balaban J connectivity index is 2.31. The molecule has 1 saturated heterocycles. The molecule has 2 amide bonds. The number of thioether (sulfide) groups is 1. The first-order valence-electron chi connectivity index (χ1n) is 8.12. The molecule has 8 heteroatoms. The third kappa shape index (κ3) is 4.57. The molecule has 26 heavy (non-hydrogen) atoms. The van der Waals surface area contributed by atoms with Crippen LogP contribution in [0.4, 0.5) is 4.79 Å². The quantitative estimate of drug-likeness (QED) is 0.532. The second-order valence-electron chi connectivity index (χ2n) is 5.62. The van der Waals surface area contributed by atoms with Crippen molar-refractivity contribution in [3.63, 3.8) is 0 Å². The molecule has 1 aliphatic rings. The first kappa shape index (κ1) is 19.8. The number of para-hydroxylation sites is 1. The highest BCUT2D eigenvalue weighted by Gasteiger charge is 2.36. The summed E-state index contributed by atoms with van der Waals surface area (Å²) in [6.07, 6.45) is 1.47. The van der Waals surface area contributed by atoms with Crippen LogP contribution in [0.1, 0.15) is 26.3 Å². The summed E-state index contributed by atoms with van der Waals surface area (Å²) in [6, 6.07) is 5.28. The van der Waals surface area contributed by atoms with Crippen LogP contribution >= 0.6 is 11.8 Å². The van der Waals surface area contributed by atoms with Gasteiger partial charge in [-0.3, -0.25) is 19.3 Å². The Hall–Kier alpha value is -2.48. The second kappa shape index (κ2) is 8.75. The Morgan fingerprint density at radius 2 is 2.04 bits per heavy atom. The van der Waals surface area contributed by atoms with E-state index in [1.165, 1.54) is 7.11 Å². The van der Waals surface area contributed by atoms with Crippen LogP contribution in [-0.2, 0) is 14.3 Å². The molecule has 0 N–H and O–H groups in total. The van der Waals surface area contributed by atoms with Crippen LogP contribution in [0.25, 0.3) is 6.08 Å². The van der Waals surface area contributed by atoms with Gasteiger partial charge in [0, 0.05) is 5.56 Å². The number of ether oxygens (including phenoxy) is 3. The molecule has 0 aromatic heterocycles. The Kier molecular flexibility index (Phi) is 6.68. The molecule has 2 rings (SSSR count). The molecule has 1 heterocycles. The largest absolute Gasteiger partial charge is 0.493 e. The summed E-state index contributed by atoms with van der Waals surface area (Å²) in [4.78, 5) is 37.2. The number of nitrogens with zero attached hydrogens (tertiary/aromatic N) is 1. The average Bonchev–Trinajstić information content (AvgIpc) is 2.83. The first-order valence-corrected chi connectivity index (χ1v) is 8.93. The number of imide groups is 1. The van der Waals surface area contributed by atoms with Gasteiger partial charge in [0.25, 0.3) is 11.1 Å². The molecule has 0 aliphatic carbocycles. The maximum atomic E-state index is 12.5. The number of carbonyl (C=O) groups is 3. The van der Waals surface area contributed by atoms with Gasteiger partial charge in [0.05, 0.1) is 24.7 Å². The van der Waals surface area contributed by atoms with Crippen LogP contribution in [0, 0.1) is 0 Å². The minimum atomic E-state index is -0.624. The Bertz CT molecular complexity index is 743. The molecule has 0 spiro atoms. The normalized spacial score (nSPS) is 15.7. The van der Waals surface area contributed by atoms with Gasteiger partial charge in [0.1, 0.15) is 6.54 Å². The van der Waals surface area contributed by atoms with Gasteiger partial charge in [-0.2, -0.15) is 0 Å². The molecule has 0 saturated carbocycles. The molecule has 1 aromatic carbocycles. The Morgan fingerprint density at radius 3 is 2.65 bits per heavy atom. The lowest BCUT2D eigenvalue weighted by atomic mass is 10.1. The summed E-state index contributed by atoms with van der Waals surface area (Å²) < 4.78 is 15.9. The van der Waals surface area contributed by atoms with Crippen molar-refractivity contribution in [2.45, 2.75) is 26.9 Å². The summed E-state index contributed by atoms with van der Waals surface area (Å²) >= 11 is 0.772. The van der Waals surface area contributed by atoms with E-state index in [0.717, 1.165) is 16.7 Å². The van der Waals surface area contributed by atoms with Crippen LogP contribution in [0.2, 0.25) is 0 Å². The van der Waals surface area contributed by atoms with Crippen molar-refractivity contribution >= 4 is 35.0 Å². The van der Waals surface area contributed by atoms with Crippen molar-refractivity contribution in [3.8, 4) is 11.5 Å². The number of methoxy groups -OCH3 is 1. The van der Waals surface area contributed by atoms with Gasteiger partial charge in [-0.1, -0.05) is 12.1 Å². The van der Waals surface area contributed by atoms with Crippen LogP contribution in [0.15, 0.2) is 23.1 Å². The van der Waals surface area contributed by atoms with E-state index in [4.69, 9.17) is 14.2 Å². The summed E-state index contributed by atoms with van der Waals surface area (Å²) in [5.74, 6) is -0.145. The van der Waals surface area contributed by atoms with E-state index in [1.807, 2.05) is 13.8 Å². The zero-order valence-corrected chi connectivity index (χ0v) is 15.9. The predicted molar refractivity (Wildman–Crippen MR) is 98.1 cm³/mol. The van der Waals surface area contributed by atoms with Crippen LogP contribution in [0.5, 0.6) is 11.5 Å². The molecule has 0 atom stereocenters. The van der Waals surface area contributed by atoms with E-state index in [1.54, 1.807) is 31.2 Å². The lowest BCUT2D eigenvalue weighted by Crippen LogP contribution is -2.34. The van der Waals surface area contributed by atoms with Crippen LogP contribution < -0.4 is 9.47 Å². The lowest BCUT2D eigenvalue weighted by Gasteiger charge is -2.16. The minimum absolute atomic E-state index is 0.0997. The van der Waals surface area contributed by atoms with E-state index in [0.29, 0.717) is 17.1 Å². The number of rotatable bonds is 7. The van der Waals surface area contributed by atoms with E-state index >= 15 is 0 Å². The van der Waals surface area contributed by atoms with Gasteiger partial charge in [0.2, 0.25) is 0 Å². The van der Waals surface area contributed by atoms with E-state index < -0.39 is 23.7 Å². The zero-order chi connectivity index (χ0) is 19.3. The van der Waals surface area contributed by atoms with E-state index in [9.17, 15) is 14.4 Å². The van der Waals surface area contributed by atoms with Crippen molar-refractivity contribution in [2.24, 2.45) is 0 Å². The zero-order valence-electron chi connectivity index (χ0n) is 15.1. The number of amides is 2. The van der Waals surface area contributed by atoms with Crippen molar-refractivity contribution in [1.29, 1.82) is 0 Å². The van der Waals surface area contributed by atoms with Crippen LogP contribution in [-0.4, -0.2) is 48.4 Å². The first-order chi connectivity index (χ1) is 12.4. The highest BCUT2D eigenvalue weighted by molar-refractivity contribution is 8.18. The van der Waals surface area contributed by atoms with Gasteiger partial charge in [-0.15, -0.1) is 0 Å². The topological polar surface area (TPSA) is 82.1 Å². The molecule has 1 aromatic rings. The molecule has 1 aliphatic heterocycles. The number of hydrogen-bond donors (Lipinski definition) is 0. The molecular weight excluding hydrogens is 358 g/mol. The van der Waals surface area contributed by atoms with Crippen LogP contribution in [0.3, 0.4) is 0 Å². The van der Waals surface area contributed by atoms with Crippen molar-refractivity contribution < 1.29 is 28.6 Å². The maximum absolute atomic E-state index is 12.5. The van der Waals surface area contributed by atoms with Gasteiger partial charge in [0.15, 0.2) is 11.5 Å². The number of hydrogen-bond acceptors (Lipinski definition) is 7. The molecule has 1 fully saturated rings. The monoisotopic (exact) mass is 379 g/mol. The highest BCUT2D eigenvalue weighted by atomic mass is 32.2. The molecular formula is C18H21NO6S. The minimum Gasteiger partial charge on any atom is -0.493 e. The third-order valence-corrected chi connectivity index (χ3v) is 4.24. The Morgan fingerprint density at radius 1 is 1.31 bits per heavy atom.